The molecule has 0 N–H and O–H groups in total. The number of aromatic nitrogens is 1. The Balaban J connectivity index is 2.12. The van der Waals surface area contributed by atoms with Gasteiger partial charge in [-0.05, 0) is 26.0 Å². The zero-order valence-corrected chi connectivity index (χ0v) is 13.1. The van der Waals surface area contributed by atoms with Crippen molar-refractivity contribution >= 4 is 22.9 Å². The van der Waals surface area contributed by atoms with Crippen molar-refractivity contribution < 1.29 is 13.6 Å². The average Bonchev–Trinajstić information content (AvgIpc) is 2.80. The van der Waals surface area contributed by atoms with Crippen LogP contribution in [0.15, 0.2) is 28.4 Å². The molecule has 0 atom stereocenters. The van der Waals surface area contributed by atoms with Gasteiger partial charge >= 0.3 is 4.87 Å². The van der Waals surface area contributed by atoms with Crippen molar-refractivity contribution in [1.82, 2.24) is 4.57 Å². The van der Waals surface area contributed by atoms with Gasteiger partial charge in [0, 0.05) is 42.3 Å². The highest BCUT2D eigenvalue weighted by atomic mass is 32.1. The normalized spacial score (nSPS) is 10.7. The summed E-state index contributed by atoms with van der Waals surface area (Å²) in [5.74, 6) is -2.19. The first-order valence-electron chi connectivity index (χ1n) is 6.84. The van der Waals surface area contributed by atoms with Crippen molar-refractivity contribution in [2.24, 2.45) is 0 Å². The van der Waals surface area contributed by atoms with Crippen molar-refractivity contribution in [1.29, 1.82) is 0 Å². The Morgan fingerprint density at radius 3 is 2.59 bits per heavy atom. The molecule has 0 aliphatic heterocycles. The van der Waals surface area contributed by atoms with Crippen LogP contribution in [0.1, 0.15) is 19.0 Å². The summed E-state index contributed by atoms with van der Waals surface area (Å²) in [6.07, 6.45) is 0.115. The topological polar surface area (TPSA) is 42.3 Å². The van der Waals surface area contributed by atoms with E-state index in [0.717, 1.165) is 29.2 Å². The second kappa shape index (κ2) is 6.83. The number of amides is 1. The summed E-state index contributed by atoms with van der Waals surface area (Å²) in [4.78, 5) is 25.2. The van der Waals surface area contributed by atoms with Gasteiger partial charge in [0.2, 0.25) is 5.91 Å². The standard InChI is InChI=1S/C15H16F2N2O2S/c1-3-18(11-4-5-12(16)13(17)8-11)14(20)6-7-19-10(2)9-22-15(19)21/h4-5,8-9H,3,6-7H2,1-2H3. The van der Waals surface area contributed by atoms with Crippen molar-refractivity contribution in [3.05, 3.63) is 50.6 Å². The fourth-order valence-electron chi connectivity index (χ4n) is 2.17. The molecule has 0 saturated heterocycles. The van der Waals surface area contributed by atoms with E-state index in [1.165, 1.54) is 15.5 Å². The highest BCUT2D eigenvalue weighted by Crippen LogP contribution is 2.19. The van der Waals surface area contributed by atoms with E-state index < -0.39 is 11.6 Å². The molecular weight excluding hydrogens is 310 g/mol. The lowest BCUT2D eigenvalue weighted by atomic mass is 10.2. The summed E-state index contributed by atoms with van der Waals surface area (Å²) < 4.78 is 27.8. The lowest BCUT2D eigenvalue weighted by molar-refractivity contribution is -0.118. The minimum absolute atomic E-state index is 0.110. The van der Waals surface area contributed by atoms with Gasteiger partial charge in [-0.1, -0.05) is 11.3 Å². The maximum absolute atomic E-state index is 13.3. The Labute approximate surface area is 130 Å². The monoisotopic (exact) mass is 326 g/mol. The smallest absolute Gasteiger partial charge is 0.307 e. The molecule has 0 radical (unpaired) electrons. The second-order valence-electron chi connectivity index (χ2n) is 4.78. The Kier molecular flexibility index (Phi) is 5.07. The Hall–Kier alpha value is -2.02. The molecule has 7 heteroatoms. The van der Waals surface area contributed by atoms with Crippen LogP contribution in [0, 0.1) is 18.6 Å². The third-order valence-electron chi connectivity index (χ3n) is 3.36. The van der Waals surface area contributed by atoms with Gasteiger partial charge in [0.15, 0.2) is 11.6 Å². The van der Waals surface area contributed by atoms with E-state index in [2.05, 4.69) is 0 Å². The minimum Gasteiger partial charge on any atom is -0.313 e. The van der Waals surface area contributed by atoms with Crippen LogP contribution in [-0.4, -0.2) is 17.0 Å². The third kappa shape index (κ3) is 3.41. The molecule has 0 saturated carbocycles. The van der Waals surface area contributed by atoms with Gasteiger partial charge in [-0.2, -0.15) is 0 Å². The lowest BCUT2D eigenvalue weighted by Gasteiger charge is -2.21. The number of hydrogen-bond donors (Lipinski definition) is 0. The predicted molar refractivity (Wildman–Crippen MR) is 82.3 cm³/mol. The Bertz CT molecular complexity index is 739. The fraction of sp³-hybridized carbons (Fsp3) is 0.333. The number of benzene rings is 1. The largest absolute Gasteiger partial charge is 0.313 e. The van der Waals surface area contributed by atoms with Crippen LogP contribution in [0.4, 0.5) is 14.5 Å². The molecule has 2 aromatic rings. The summed E-state index contributed by atoms with van der Waals surface area (Å²) in [7, 11) is 0. The molecule has 2 rings (SSSR count). The number of anilines is 1. The predicted octanol–water partition coefficient (Wildman–Crippen LogP) is 2.94. The molecule has 1 heterocycles. The molecule has 0 unspecified atom stereocenters. The van der Waals surface area contributed by atoms with Gasteiger partial charge in [0.1, 0.15) is 0 Å². The van der Waals surface area contributed by atoms with Crippen LogP contribution in [0.2, 0.25) is 0 Å². The Morgan fingerprint density at radius 1 is 1.32 bits per heavy atom. The van der Waals surface area contributed by atoms with Crippen LogP contribution in [0.25, 0.3) is 0 Å². The van der Waals surface area contributed by atoms with Gasteiger partial charge in [0.05, 0.1) is 0 Å². The summed E-state index contributed by atoms with van der Waals surface area (Å²) in [5.41, 5.74) is 1.11. The number of nitrogens with zero attached hydrogens (tertiary/aromatic N) is 2. The van der Waals surface area contributed by atoms with E-state index in [1.54, 1.807) is 19.2 Å². The molecule has 0 fully saturated rings. The lowest BCUT2D eigenvalue weighted by Crippen LogP contribution is -2.32. The third-order valence-corrected chi connectivity index (χ3v) is 4.24. The molecule has 1 aromatic carbocycles. The van der Waals surface area contributed by atoms with Gasteiger partial charge < -0.3 is 9.47 Å². The summed E-state index contributed by atoms with van der Waals surface area (Å²) in [6, 6.07) is 3.36. The van der Waals surface area contributed by atoms with Crippen LogP contribution < -0.4 is 9.77 Å². The maximum atomic E-state index is 13.3. The summed E-state index contributed by atoms with van der Waals surface area (Å²) in [6.45, 7) is 4.16. The molecule has 0 spiro atoms. The molecule has 22 heavy (non-hydrogen) atoms. The van der Waals surface area contributed by atoms with Gasteiger partial charge in [-0.25, -0.2) is 8.78 Å². The van der Waals surface area contributed by atoms with Crippen LogP contribution in [-0.2, 0) is 11.3 Å². The fourth-order valence-corrected chi connectivity index (χ4v) is 2.93. The zero-order chi connectivity index (χ0) is 16.3. The summed E-state index contributed by atoms with van der Waals surface area (Å²) in [5, 5.41) is 1.74. The van der Waals surface area contributed by atoms with Crippen molar-refractivity contribution in [2.45, 2.75) is 26.8 Å². The van der Waals surface area contributed by atoms with Crippen LogP contribution >= 0.6 is 11.3 Å². The summed E-state index contributed by atoms with van der Waals surface area (Å²) >= 11 is 1.09. The zero-order valence-electron chi connectivity index (χ0n) is 12.3. The van der Waals surface area contributed by atoms with Crippen molar-refractivity contribution in [2.75, 3.05) is 11.4 Å². The van der Waals surface area contributed by atoms with E-state index in [9.17, 15) is 18.4 Å². The van der Waals surface area contributed by atoms with Crippen LogP contribution in [0.3, 0.4) is 0 Å². The van der Waals surface area contributed by atoms with E-state index in [-0.39, 0.29) is 23.7 Å². The van der Waals surface area contributed by atoms with E-state index in [4.69, 9.17) is 0 Å². The molecule has 1 aromatic heterocycles. The number of rotatable bonds is 5. The van der Waals surface area contributed by atoms with E-state index >= 15 is 0 Å². The number of carbonyl (C=O) groups excluding carboxylic acids is 1. The van der Waals surface area contributed by atoms with E-state index in [1.807, 2.05) is 0 Å². The number of thiazole rings is 1. The minimum atomic E-state index is -0.992. The molecule has 0 aliphatic rings. The SMILES string of the molecule is CCN(C(=O)CCn1c(C)csc1=O)c1ccc(F)c(F)c1. The second-order valence-corrected chi connectivity index (χ2v) is 5.60. The number of aryl methyl sites for hydroxylation is 1. The van der Waals surface area contributed by atoms with Gasteiger partial charge in [-0.3, -0.25) is 9.59 Å². The average molecular weight is 326 g/mol. The van der Waals surface area contributed by atoms with Gasteiger partial charge in [0.25, 0.3) is 0 Å². The van der Waals surface area contributed by atoms with Gasteiger partial charge in [-0.15, -0.1) is 0 Å². The Morgan fingerprint density at radius 2 is 2.05 bits per heavy atom. The first-order chi connectivity index (χ1) is 10.4. The van der Waals surface area contributed by atoms with E-state index in [0.29, 0.717) is 12.2 Å². The first-order valence-corrected chi connectivity index (χ1v) is 7.72. The van der Waals surface area contributed by atoms with Crippen molar-refractivity contribution in [3.63, 3.8) is 0 Å². The molecule has 118 valence electrons. The number of carbonyl (C=O) groups is 1. The number of hydrogen-bond acceptors (Lipinski definition) is 3. The highest BCUT2D eigenvalue weighted by molar-refractivity contribution is 7.07. The maximum Gasteiger partial charge on any atom is 0.307 e. The first kappa shape index (κ1) is 16.4. The molecule has 0 bridgehead atoms. The number of halogens is 2. The highest BCUT2D eigenvalue weighted by Gasteiger charge is 2.16. The molecular formula is C15H16F2N2O2S. The van der Waals surface area contributed by atoms with Crippen molar-refractivity contribution in [3.8, 4) is 0 Å². The molecule has 4 nitrogen and oxygen atoms in total. The quantitative estimate of drug-likeness (QED) is 0.848. The van der Waals surface area contributed by atoms with Crippen LogP contribution in [0.5, 0.6) is 0 Å². The molecule has 1 amide bonds. The molecule has 0 aliphatic carbocycles.